The van der Waals surface area contributed by atoms with E-state index in [0.717, 1.165) is 57.4 Å². The Hall–Kier alpha value is -2.08. The zero-order chi connectivity index (χ0) is 21.2. The van der Waals surface area contributed by atoms with Crippen molar-refractivity contribution in [3.05, 3.63) is 35.4 Å². The molecular weight excluding hydrogens is 374 g/mol. The van der Waals surface area contributed by atoms with Crippen LogP contribution in [0, 0.1) is 5.92 Å². The molecule has 6 nitrogen and oxygen atoms in total. The highest BCUT2D eigenvalue weighted by atomic mass is 16.2. The molecule has 166 valence electrons. The molecule has 1 unspecified atom stereocenters. The van der Waals surface area contributed by atoms with E-state index in [4.69, 9.17) is 4.99 Å². The lowest BCUT2D eigenvalue weighted by Crippen LogP contribution is -2.39. The second kappa shape index (κ2) is 11.9. The molecule has 0 aromatic heterocycles. The summed E-state index contributed by atoms with van der Waals surface area (Å²) in [4.78, 5) is 21.1. The van der Waals surface area contributed by atoms with E-state index in [2.05, 4.69) is 53.6 Å². The second-order valence-electron chi connectivity index (χ2n) is 8.71. The lowest BCUT2D eigenvalue weighted by Gasteiger charge is -2.31. The van der Waals surface area contributed by atoms with Crippen LogP contribution in [0.3, 0.4) is 0 Å². The maximum absolute atomic E-state index is 11.7. The Morgan fingerprint density at radius 2 is 2.00 bits per heavy atom. The number of carbonyl (C=O) groups excluding carboxylic acids is 1. The van der Waals surface area contributed by atoms with Gasteiger partial charge in [0.15, 0.2) is 5.96 Å². The number of hydrogen-bond donors (Lipinski definition) is 2. The van der Waals surface area contributed by atoms with Crippen LogP contribution >= 0.6 is 0 Å². The standard InChI is InChI=1S/C24H39N5O/c1-3-25-24(26-13-8-16-29-15-7-12-23(29)30)27-17-21-10-4-5-11-22(21)19-28-14-6-9-20(2)18-28/h4-5,10-11,20H,3,6-9,12-19H2,1-2H3,(H2,25,26,27). The smallest absolute Gasteiger partial charge is 0.222 e. The van der Waals surface area contributed by atoms with Gasteiger partial charge in [-0.2, -0.15) is 0 Å². The molecule has 2 heterocycles. The number of likely N-dealkylation sites (tertiary alicyclic amines) is 2. The van der Waals surface area contributed by atoms with E-state index in [9.17, 15) is 4.79 Å². The molecule has 30 heavy (non-hydrogen) atoms. The van der Waals surface area contributed by atoms with E-state index in [1.165, 1.54) is 37.1 Å². The van der Waals surface area contributed by atoms with E-state index >= 15 is 0 Å². The molecule has 1 aromatic rings. The third-order valence-electron chi connectivity index (χ3n) is 6.07. The molecule has 0 saturated carbocycles. The number of piperidine rings is 1. The van der Waals surface area contributed by atoms with Crippen LogP contribution in [0.25, 0.3) is 0 Å². The van der Waals surface area contributed by atoms with E-state index in [0.29, 0.717) is 18.9 Å². The fourth-order valence-electron chi connectivity index (χ4n) is 4.46. The van der Waals surface area contributed by atoms with Crippen molar-refractivity contribution in [2.24, 2.45) is 10.9 Å². The summed E-state index contributed by atoms with van der Waals surface area (Å²) in [5.74, 6) is 1.95. The van der Waals surface area contributed by atoms with Gasteiger partial charge >= 0.3 is 0 Å². The predicted molar refractivity (Wildman–Crippen MR) is 123 cm³/mol. The van der Waals surface area contributed by atoms with Crippen LogP contribution in [0.5, 0.6) is 0 Å². The number of hydrogen-bond acceptors (Lipinski definition) is 3. The van der Waals surface area contributed by atoms with Gasteiger partial charge in [0.2, 0.25) is 5.91 Å². The van der Waals surface area contributed by atoms with E-state index < -0.39 is 0 Å². The molecule has 2 saturated heterocycles. The molecule has 1 amide bonds. The summed E-state index contributed by atoms with van der Waals surface area (Å²) in [6, 6.07) is 8.70. The third-order valence-corrected chi connectivity index (χ3v) is 6.07. The van der Waals surface area contributed by atoms with Gasteiger partial charge < -0.3 is 15.5 Å². The summed E-state index contributed by atoms with van der Waals surface area (Å²) in [7, 11) is 0. The van der Waals surface area contributed by atoms with E-state index in [-0.39, 0.29) is 0 Å². The number of benzene rings is 1. The van der Waals surface area contributed by atoms with E-state index in [1.807, 2.05) is 4.90 Å². The number of amides is 1. The average molecular weight is 414 g/mol. The first-order chi connectivity index (χ1) is 14.7. The molecule has 0 spiro atoms. The first-order valence-corrected chi connectivity index (χ1v) is 11.7. The Balaban J connectivity index is 1.51. The summed E-state index contributed by atoms with van der Waals surface area (Å²) in [5, 5.41) is 6.77. The predicted octanol–water partition coefficient (Wildman–Crippen LogP) is 2.99. The highest BCUT2D eigenvalue weighted by Gasteiger charge is 2.19. The van der Waals surface area contributed by atoms with Crippen LogP contribution in [0.1, 0.15) is 57.1 Å². The fourth-order valence-corrected chi connectivity index (χ4v) is 4.46. The number of aliphatic imine (C=N–C) groups is 1. The lowest BCUT2D eigenvalue weighted by molar-refractivity contribution is -0.127. The SMILES string of the molecule is CCNC(=NCc1ccccc1CN1CCCC(C)C1)NCCCN1CCCC1=O. The van der Waals surface area contributed by atoms with Gasteiger partial charge in [-0.25, -0.2) is 4.99 Å². The molecule has 1 aromatic carbocycles. The van der Waals surface area contributed by atoms with Crippen molar-refractivity contribution >= 4 is 11.9 Å². The number of carbonyl (C=O) groups is 1. The molecule has 6 heteroatoms. The minimum absolute atomic E-state index is 0.301. The maximum Gasteiger partial charge on any atom is 0.222 e. The minimum Gasteiger partial charge on any atom is -0.357 e. The Labute approximate surface area is 182 Å². The number of rotatable bonds is 9. The van der Waals surface area contributed by atoms with Gasteiger partial charge in [-0.3, -0.25) is 9.69 Å². The molecule has 1 atom stereocenters. The molecule has 0 aliphatic carbocycles. The van der Waals surface area contributed by atoms with Gasteiger partial charge in [-0.05, 0) is 56.2 Å². The van der Waals surface area contributed by atoms with Crippen LogP contribution < -0.4 is 10.6 Å². The van der Waals surface area contributed by atoms with Crippen molar-refractivity contribution < 1.29 is 4.79 Å². The monoisotopic (exact) mass is 413 g/mol. The Kier molecular flexibility index (Phi) is 9.00. The van der Waals surface area contributed by atoms with Gasteiger partial charge in [0.05, 0.1) is 6.54 Å². The summed E-state index contributed by atoms with van der Waals surface area (Å²) >= 11 is 0. The van der Waals surface area contributed by atoms with Gasteiger partial charge in [-0.15, -0.1) is 0 Å². The van der Waals surface area contributed by atoms with Crippen molar-refractivity contribution in [2.75, 3.05) is 39.3 Å². The van der Waals surface area contributed by atoms with Gasteiger partial charge in [0.25, 0.3) is 0 Å². The Bertz CT molecular complexity index is 705. The molecular formula is C24H39N5O. The summed E-state index contributed by atoms with van der Waals surface area (Å²) in [6.07, 6.45) is 5.32. The van der Waals surface area contributed by atoms with Gasteiger partial charge in [0.1, 0.15) is 0 Å². The summed E-state index contributed by atoms with van der Waals surface area (Å²) in [6.45, 7) is 12.0. The number of nitrogens with one attached hydrogen (secondary N) is 2. The topological polar surface area (TPSA) is 60.0 Å². The molecule has 0 bridgehead atoms. The fraction of sp³-hybridized carbons (Fsp3) is 0.667. The second-order valence-corrected chi connectivity index (χ2v) is 8.71. The van der Waals surface area contributed by atoms with Crippen LogP contribution in [-0.4, -0.2) is 60.9 Å². The van der Waals surface area contributed by atoms with Crippen molar-refractivity contribution in [3.8, 4) is 0 Å². The van der Waals surface area contributed by atoms with Crippen molar-refractivity contribution in [1.82, 2.24) is 20.4 Å². The highest BCUT2D eigenvalue weighted by molar-refractivity contribution is 5.80. The Morgan fingerprint density at radius 3 is 2.73 bits per heavy atom. The summed E-state index contributed by atoms with van der Waals surface area (Å²) < 4.78 is 0. The maximum atomic E-state index is 11.7. The van der Waals surface area contributed by atoms with Crippen LogP contribution in [0.15, 0.2) is 29.3 Å². The molecule has 2 aliphatic heterocycles. The first-order valence-electron chi connectivity index (χ1n) is 11.7. The third kappa shape index (κ3) is 7.01. The van der Waals surface area contributed by atoms with Gasteiger partial charge in [0, 0.05) is 45.7 Å². The van der Waals surface area contributed by atoms with Gasteiger partial charge in [-0.1, -0.05) is 31.2 Å². The highest BCUT2D eigenvalue weighted by Crippen LogP contribution is 2.20. The Morgan fingerprint density at radius 1 is 1.17 bits per heavy atom. The molecule has 2 fully saturated rings. The normalized spacial score (nSPS) is 20.6. The number of nitrogens with zero attached hydrogens (tertiary/aromatic N) is 3. The van der Waals surface area contributed by atoms with Crippen molar-refractivity contribution in [2.45, 2.75) is 59.0 Å². The molecule has 0 radical (unpaired) electrons. The summed E-state index contributed by atoms with van der Waals surface area (Å²) in [5.41, 5.74) is 2.69. The van der Waals surface area contributed by atoms with Crippen LogP contribution in [-0.2, 0) is 17.9 Å². The molecule has 2 N–H and O–H groups in total. The molecule has 3 rings (SSSR count). The van der Waals surface area contributed by atoms with Crippen LogP contribution in [0.2, 0.25) is 0 Å². The first kappa shape index (κ1) is 22.6. The zero-order valence-corrected chi connectivity index (χ0v) is 18.8. The average Bonchev–Trinajstić information content (AvgIpc) is 3.15. The quantitative estimate of drug-likeness (QED) is 0.371. The van der Waals surface area contributed by atoms with Crippen molar-refractivity contribution in [1.29, 1.82) is 0 Å². The van der Waals surface area contributed by atoms with Crippen molar-refractivity contribution in [3.63, 3.8) is 0 Å². The van der Waals surface area contributed by atoms with Crippen LogP contribution in [0.4, 0.5) is 0 Å². The molecule has 2 aliphatic rings. The minimum atomic E-state index is 0.301. The zero-order valence-electron chi connectivity index (χ0n) is 18.8. The largest absolute Gasteiger partial charge is 0.357 e. The van der Waals surface area contributed by atoms with E-state index in [1.54, 1.807) is 0 Å². The lowest BCUT2D eigenvalue weighted by atomic mass is 9.99. The number of guanidine groups is 1.